The Bertz CT molecular complexity index is 629. The SMILES string of the molecule is Cc1ccc(C)c(C(=O)N(CCCN)Cc2ccccc2)c1.Cl. The van der Waals surface area contributed by atoms with E-state index >= 15 is 0 Å². The molecule has 2 aromatic carbocycles. The minimum atomic E-state index is 0. The van der Waals surface area contributed by atoms with Gasteiger partial charge >= 0.3 is 0 Å². The third-order valence-electron chi connectivity index (χ3n) is 3.76. The topological polar surface area (TPSA) is 46.3 Å². The van der Waals surface area contributed by atoms with Crippen molar-refractivity contribution in [3.05, 3.63) is 70.8 Å². The maximum Gasteiger partial charge on any atom is 0.254 e. The van der Waals surface area contributed by atoms with E-state index in [4.69, 9.17) is 5.73 Å². The van der Waals surface area contributed by atoms with E-state index in [1.807, 2.05) is 67.3 Å². The van der Waals surface area contributed by atoms with Crippen molar-refractivity contribution in [2.45, 2.75) is 26.8 Å². The molecule has 0 heterocycles. The van der Waals surface area contributed by atoms with Gasteiger partial charge in [0.25, 0.3) is 5.91 Å². The van der Waals surface area contributed by atoms with Crippen LogP contribution in [0.1, 0.15) is 33.5 Å². The summed E-state index contributed by atoms with van der Waals surface area (Å²) in [4.78, 5) is 14.8. The Morgan fingerprint density at radius 2 is 1.78 bits per heavy atom. The summed E-state index contributed by atoms with van der Waals surface area (Å²) in [5.74, 6) is 0.0819. The molecule has 2 N–H and O–H groups in total. The van der Waals surface area contributed by atoms with Gasteiger partial charge in [-0.05, 0) is 44.0 Å². The van der Waals surface area contributed by atoms with Crippen molar-refractivity contribution in [2.24, 2.45) is 5.73 Å². The molecule has 0 bridgehead atoms. The maximum atomic E-state index is 12.9. The van der Waals surface area contributed by atoms with E-state index in [9.17, 15) is 4.79 Å². The first-order chi connectivity index (χ1) is 10.6. The highest BCUT2D eigenvalue weighted by Crippen LogP contribution is 2.16. The fourth-order valence-corrected chi connectivity index (χ4v) is 2.47. The Labute approximate surface area is 144 Å². The smallest absolute Gasteiger partial charge is 0.254 e. The largest absolute Gasteiger partial charge is 0.334 e. The summed E-state index contributed by atoms with van der Waals surface area (Å²) in [6.07, 6.45) is 0.809. The average molecular weight is 333 g/mol. The maximum absolute atomic E-state index is 12.9. The zero-order valence-electron chi connectivity index (χ0n) is 13.8. The highest BCUT2D eigenvalue weighted by atomic mass is 35.5. The molecule has 0 aliphatic carbocycles. The summed E-state index contributed by atoms with van der Waals surface area (Å²) < 4.78 is 0. The van der Waals surface area contributed by atoms with Crippen molar-refractivity contribution in [3.63, 3.8) is 0 Å². The van der Waals surface area contributed by atoms with Gasteiger partial charge in [-0.25, -0.2) is 0 Å². The van der Waals surface area contributed by atoms with Gasteiger partial charge < -0.3 is 10.6 Å². The zero-order chi connectivity index (χ0) is 15.9. The number of nitrogens with zero attached hydrogens (tertiary/aromatic N) is 1. The predicted octanol–water partition coefficient (Wildman–Crippen LogP) is 3.72. The minimum Gasteiger partial charge on any atom is -0.334 e. The van der Waals surface area contributed by atoms with Crippen LogP contribution in [0.4, 0.5) is 0 Å². The number of rotatable bonds is 6. The van der Waals surface area contributed by atoms with Crippen LogP contribution in [-0.4, -0.2) is 23.9 Å². The summed E-state index contributed by atoms with van der Waals surface area (Å²) in [6.45, 7) is 5.88. The number of carbonyl (C=O) groups excluding carboxylic acids is 1. The van der Waals surface area contributed by atoms with E-state index in [1.54, 1.807) is 0 Å². The molecule has 0 aliphatic rings. The first-order valence-corrected chi connectivity index (χ1v) is 7.72. The van der Waals surface area contributed by atoms with Crippen molar-refractivity contribution in [1.82, 2.24) is 4.90 Å². The van der Waals surface area contributed by atoms with Crippen LogP contribution in [0.2, 0.25) is 0 Å². The van der Waals surface area contributed by atoms with Crippen LogP contribution in [0, 0.1) is 13.8 Å². The van der Waals surface area contributed by atoms with Crippen molar-refractivity contribution in [1.29, 1.82) is 0 Å². The van der Waals surface area contributed by atoms with Gasteiger partial charge in [-0.2, -0.15) is 0 Å². The summed E-state index contributed by atoms with van der Waals surface area (Å²) in [7, 11) is 0. The van der Waals surface area contributed by atoms with Crippen LogP contribution in [-0.2, 0) is 6.54 Å². The third-order valence-corrected chi connectivity index (χ3v) is 3.76. The summed E-state index contributed by atoms with van der Waals surface area (Å²) >= 11 is 0. The molecule has 0 fully saturated rings. The van der Waals surface area contributed by atoms with E-state index in [0.29, 0.717) is 19.6 Å². The summed E-state index contributed by atoms with van der Waals surface area (Å²) in [5.41, 5.74) is 9.67. The number of aryl methyl sites for hydroxylation is 2. The third kappa shape index (κ3) is 5.38. The highest BCUT2D eigenvalue weighted by Gasteiger charge is 2.17. The molecule has 124 valence electrons. The summed E-state index contributed by atoms with van der Waals surface area (Å²) in [6, 6.07) is 16.1. The lowest BCUT2D eigenvalue weighted by molar-refractivity contribution is 0.0741. The molecule has 0 aromatic heterocycles. The van der Waals surface area contributed by atoms with Crippen LogP contribution in [0.5, 0.6) is 0 Å². The highest BCUT2D eigenvalue weighted by molar-refractivity contribution is 5.95. The first kappa shape index (κ1) is 19.2. The molecule has 23 heavy (non-hydrogen) atoms. The fourth-order valence-electron chi connectivity index (χ4n) is 2.47. The molecule has 0 aliphatic heterocycles. The van der Waals surface area contributed by atoms with Crippen LogP contribution in [0.15, 0.2) is 48.5 Å². The van der Waals surface area contributed by atoms with Gasteiger partial charge in [0, 0.05) is 18.7 Å². The van der Waals surface area contributed by atoms with Crippen LogP contribution < -0.4 is 5.73 Å². The number of amides is 1. The van der Waals surface area contributed by atoms with Crippen molar-refractivity contribution < 1.29 is 4.79 Å². The van der Waals surface area contributed by atoms with Crippen LogP contribution >= 0.6 is 12.4 Å². The van der Waals surface area contributed by atoms with Gasteiger partial charge in [0.05, 0.1) is 0 Å². The van der Waals surface area contributed by atoms with Gasteiger partial charge in [-0.15, -0.1) is 12.4 Å². The van der Waals surface area contributed by atoms with E-state index in [0.717, 1.165) is 28.7 Å². The number of carbonyl (C=O) groups is 1. The second-order valence-electron chi connectivity index (χ2n) is 5.67. The monoisotopic (exact) mass is 332 g/mol. The predicted molar refractivity (Wildman–Crippen MR) is 98.0 cm³/mol. The minimum absolute atomic E-state index is 0. The molecule has 0 radical (unpaired) electrons. The van der Waals surface area contributed by atoms with Crippen LogP contribution in [0.25, 0.3) is 0 Å². The molecule has 1 amide bonds. The molecule has 2 aromatic rings. The Hall–Kier alpha value is -1.84. The number of halogens is 1. The van der Waals surface area contributed by atoms with Crippen LogP contribution in [0.3, 0.4) is 0 Å². The second kappa shape index (κ2) is 9.33. The molecule has 0 saturated heterocycles. The number of hydrogen-bond donors (Lipinski definition) is 1. The number of benzene rings is 2. The lowest BCUT2D eigenvalue weighted by atomic mass is 10.0. The van der Waals surface area contributed by atoms with Gasteiger partial charge in [0.1, 0.15) is 0 Å². The Kier molecular flexibility index (Phi) is 7.79. The summed E-state index contributed by atoms with van der Waals surface area (Å²) in [5, 5.41) is 0. The molecular formula is C19H25ClN2O. The Balaban J connectivity index is 0.00000264. The fraction of sp³-hybridized carbons (Fsp3) is 0.316. The van der Waals surface area contributed by atoms with E-state index < -0.39 is 0 Å². The van der Waals surface area contributed by atoms with E-state index in [2.05, 4.69) is 0 Å². The molecular weight excluding hydrogens is 308 g/mol. The Morgan fingerprint density at radius 3 is 2.43 bits per heavy atom. The lowest BCUT2D eigenvalue weighted by Gasteiger charge is -2.24. The Morgan fingerprint density at radius 1 is 1.09 bits per heavy atom. The van der Waals surface area contributed by atoms with Crippen molar-refractivity contribution in [3.8, 4) is 0 Å². The van der Waals surface area contributed by atoms with E-state index in [-0.39, 0.29) is 18.3 Å². The quantitative estimate of drug-likeness (QED) is 0.876. The first-order valence-electron chi connectivity index (χ1n) is 7.72. The van der Waals surface area contributed by atoms with E-state index in [1.165, 1.54) is 0 Å². The molecule has 4 heteroatoms. The van der Waals surface area contributed by atoms with Gasteiger partial charge in [0.15, 0.2) is 0 Å². The molecule has 0 unspecified atom stereocenters. The van der Waals surface area contributed by atoms with Gasteiger partial charge in [-0.3, -0.25) is 4.79 Å². The number of hydrogen-bond acceptors (Lipinski definition) is 2. The molecule has 0 spiro atoms. The van der Waals surface area contributed by atoms with Crippen molar-refractivity contribution in [2.75, 3.05) is 13.1 Å². The molecule has 0 saturated carbocycles. The molecule has 0 atom stereocenters. The standard InChI is InChI=1S/C19H24N2O.ClH/c1-15-9-10-16(2)18(13-15)19(22)21(12-6-11-20)14-17-7-4-3-5-8-17;/h3-5,7-10,13H,6,11-12,14,20H2,1-2H3;1H. The van der Waals surface area contributed by atoms with Gasteiger partial charge in [-0.1, -0.05) is 48.0 Å². The zero-order valence-corrected chi connectivity index (χ0v) is 14.6. The number of nitrogens with two attached hydrogens (primary N) is 1. The molecule has 2 rings (SSSR count). The molecule has 3 nitrogen and oxygen atoms in total. The van der Waals surface area contributed by atoms with Crippen molar-refractivity contribution >= 4 is 18.3 Å². The van der Waals surface area contributed by atoms with Gasteiger partial charge in [0.2, 0.25) is 0 Å². The lowest BCUT2D eigenvalue weighted by Crippen LogP contribution is -2.33. The average Bonchev–Trinajstić information content (AvgIpc) is 2.54. The second-order valence-corrected chi connectivity index (χ2v) is 5.67. The normalized spacial score (nSPS) is 10.0.